The predicted octanol–water partition coefficient (Wildman–Crippen LogP) is 1.07. The maximum atomic E-state index is 11.8. The fourth-order valence-corrected chi connectivity index (χ4v) is 2.70. The van der Waals surface area contributed by atoms with Crippen molar-refractivity contribution in [2.45, 2.75) is 13.5 Å². The van der Waals surface area contributed by atoms with Crippen LogP contribution >= 0.6 is 11.3 Å². The first kappa shape index (κ1) is 20.2. The summed E-state index contributed by atoms with van der Waals surface area (Å²) in [5, 5.41) is 0.0281. The van der Waals surface area contributed by atoms with E-state index in [2.05, 4.69) is 14.2 Å². The molecule has 0 aliphatic heterocycles. The van der Waals surface area contributed by atoms with Crippen LogP contribution in [0.1, 0.15) is 32.5 Å². The molecule has 10 heteroatoms. The van der Waals surface area contributed by atoms with Gasteiger partial charge in [-0.3, -0.25) is 0 Å². The molecule has 0 aliphatic carbocycles. The standard InChI is InChI=1S/C15H17NO8S/c1-4-23-9(17)5-6-10(18)24-7-8-11(14(19)21-2)13(16)25-12(8)15(20)22-3/h5-6H,4,7,16H2,1-3H3. The summed E-state index contributed by atoms with van der Waals surface area (Å²) in [7, 11) is 2.31. The quantitative estimate of drug-likeness (QED) is 0.424. The van der Waals surface area contributed by atoms with E-state index in [0.717, 1.165) is 37.7 Å². The lowest BCUT2D eigenvalue weighted by molar-refractivity contribution is -0.141. The zero-order valence-electron chi connectivity index (χ0n) is 13.8. The van der Waals surface area contributed by atoms with Gasteiger partial charge in [0.15, 0.2) is 0 Å². The highest BCUT2D eigenvalue weighted by atomic mass is 32.1. The topological polar surface area (TPSA) is 131 Å². The van der Waals surface area contributed by atoms with E-state index in [1.54, 1.807) is 6.92 Å². The van der Waals surface area contributed by atoms with Gasteiger partial charge >= 0.3 is 23.9 Å². The van der Waals surface area contributed by atoms with Gasteiger partial charge in [0, 0.05) is 17.7 Å². The van der Waals surface area contributed by atoms with E-state index in [9.17, 15) is 19.2 Å². The van der Waals surface area contributed by atoms with Crippen LogP contribution in [0.25, 0.3) is 0 Å². The Bertz CT molecular complexity index is 707. The van der Waals surface area contributed by atoms with Crippen molar-refractivity contribution in [2.24, 2.45) is 0 Å². The lowest BCUT2D eigenvalue weighted by Gasteiger charge is -2.06. The number of nitrogen functional groups attached to an aromatic ring is 1. The van der Waals surface area contributed by atoms with Crippen molar-refractivity contribution in [3.05, 3.63) is 28.2 Å². The van der Waals surface area contributed by atoms with Gasteiger partial charge in [0.2, 0.25) is 0 Å². The Hall–Kier alpha value is -2.88. The number of rotatable bonds is 7. The molecule has 1 heterocycles. The smallest absolute Gasteiger partial charge is 0.348 e. The summed E-state index contributed by atoms with van der Waals surface area (Å²) in [6, 6.07) is 0. The third-order valence-corrected chi connectivity index (χ3v) is 3.84. The Morgan fingerprint density at radius 2 is 1.56 bits per heavy atom. The molecular weight excluding hydrogens is 354 g/mol. The summed E-state index contributed by atoms with van der Waals surface area (Å²) < 4.78 is 18.8. The van der Waals surface area contributed by atoms with Gasteiger partial charge in [-0.2, -0.15) is 0 Å². The maximum absolute atomic E-state index is 11.8. The molecule has 136 valence electrons. The van der Waals surface area contributed by atoms with Gasteiger partial charge in [0.25, 0.3) is 0 Å². The van der Waals surface area contributed by atoms with Crippen molar-refractivity contribution < 1.29 is 38.1 Å². The molecule has 0 aromatic carbocycles. The molecule has 0 spiro atoms. The fraction of sp³-hybridized carbons (Fsp3) is 0.333. The van der Waals surface area contributed by atoms with Gasteiger partial charge in [-0.05, 0) is 6.92 Å². The summed E-state index contributed by atoms with van der Waals surface area (Å²) in [6.07, 6.45) is 1.76. The number of hydrogen-bond acceptors (Lipinski definition) is 10. The molecule has 1 aromatic rings. The monoisotopic (exact) mass is 371 g/mol. The zero-order valence-corrected chi connectivity index (χ0v) is 14.6. The van der Waals surface area contributed by atoms with Crippen LogP contribution in [0, 0.1) is 0 Å². The first-order valence-electron chi connectivity index (χ1n) is 6.95. The van der Waals surface area contributed by atoms with Gasteiger partial charge in [0.05, 0.1) is 20.8 Å². The molecule has 0 radical (unpaired) electrons. The molecule has 0 amide bonds. The van der Waals surface area contributed by atoms with Crippen molar-refractivity contribution in [1.82, 2.24) is 0 Å². The highest BCUT2D eigenvalue weighted by molar-refractivity contribution is 7.18. The normalized spacial score (nSPS) is 10.4. The zero-order chi connectivity index (χ0) is 19.0. The molecule has 0 unspecified atom stereocenters. The Morgan fingerprint density at radius 3 is 2.08 bits per heavy atom. The number of carbonyl (C=O) groups is 4. The summed E-state index contributed by atoms with van der Waals surface area (Å²) >= 11 is 0.813. The van der Waals surface area contributed by atoms with Crippen LogP contribution in [0.15, 0.2) is 12.2 Å². The molecule has 9 nitrogen and oxygen atoms in total. The summed E-state index contributed by atoms with van der Waals surface area (Å²) in [5.74, 6) is -3.09. The highest BCUT2D eigenvalue weighted by Gasteiger charge is 2.27. The van der Waals surface area contributed by atoms with E-state index in [1.165, 1.54) is 0 Å². The molecule has 25 heavy (non-hydrogen) atoms. The number of hydrogen-bond donors (Lipinski definition) is 1. The molecule has 1 rings (SSSR count). The maximum Gasteiger partial charge on any atom is 0.348 e. The predicted molar refractivity (Wildman–Crippen MR) is 87.0 cm³/mol. The minimum Gasteiger partial charge on any atom is -0.465 e. The van der Waals surface area contributed by atoms with Crippen molar-refractivity contribution in [1.29, 1.82) is 0 Å². The Labute approximate surface area is 147 Å². The number of esters is 4. The molecule has 0 saturated carbocycles. The van der Waals surface area contributed by atoms with E-state index in [1.807, 2.05) is 0 Å². The Balaban J connectivity index is 2.99. The van der Waals surface area contributed by atoms with Crippen LogP contribution < -0.4 is 5.73 Å². The minimum atomic E-state index is -0.871. The minimum absolute atomic E-state index is 0.0163. The van der Waals surface area contributed by atoms with Crippen LogP contribution in [0.2, 0.25) is 0 Å². The molecule has 0 fully saturated rings. The van der Waals surface area contributed by atoms with Crippen molar-refractivity contribution in [3.63, 3.8) is 0 Å². The average molecular weight is 371 g/mol. The van der Waals surface area contributed by atoms with Crippen LogP contribution in [-0.4, -0.2) is 44.7 Å². The summed E-state index contributed by atoms with van der Waals surface area (Å²) in [6.45, 7) is 1.35. The molecule has 0 atom stereocenters. The van der Waals surface area contributed by atoms with Gasteiger partial charge in [-0.1, -0.05) is 0 Å². The van der Waals surface area contributed by atoms with Gasteiger partial charge < -0.3 is 24.7 Å². The van der Waals surface area contributed by atoms with E-state index < -0.39 is 30.5 Å². The number of methoxy groups -OCH3 is 2. The fourth-order valence-electron chi connectivity index (χ4n) is 1.72. The summed E-state index contributed by atoms with van der Waals surface area (Å²) in [5.41, 5.74) is 5.74. The molecule has 0 saturated heterocycles. The molecule has 0 aliphatic rings. The second kappa shape index (κ2) is 9.42. The largest absolute Gasteiger partial charge is 0.465 e. The molecule has 0 bridgehead atoms. The van der Waals surface area contributed by atoms with Crippen LogP contribution in [0.5, 0.6) is 0 Å². The average Bonchev–Trinajstić information content (AvgIpc) is 2.93. The van der Waals surface area contributed by atoms with Gasteiger partial charge in [-0.15, -0.1) is 11.3 Å². The second-order valence-electron chi connectivity index (χ2n) is 4.33. The Kier molecular flexibility index (Phi) is 7.60. The van der Waals surface area contributed by atoms with E-state index >= 15 is 0 Å². The van der Waals surface area contributed by atoms with E-state index in [-0.39, 0.29) is 27.6 Å². The number of thiophene rings is 1. The SMILES string of the molecule is CCOC(=O)C=CC(=O)OCc1c(C(=O)OC)sc(N)c1C(=O)OC. The van der Waals surface area contributed by atoms with Gasteiger partial charge in [-0.25, -0.2) is 19.2 Å². The number of ether oxygens (including phenoxy) is 4. The van der Waals surface area contributed by atoms with Crippen molar-refractivity contribution in [3.8, 4) is 0 Å². The van der Waals surface area contributed by atoms with Crippen molar-refractivity contribution >= 4 is 40.2 Å². The third kappa shape index (κ3) is 5.31. The Morgan fingerprint density at radius 1 is 1.00 bits per heavy atom. The van der Waals surface area contributed by atoms with E-state index in [4.69, 9.17) is 10.5 Å². The van der Waals surface area contributed by atoms with Crippen molar-refractivity contribution in [2.75, 3.05) is 26.6 Å². The summed E-state index contributed by atoms with van der Waals surface area (Å²) in [4.78, 5) is 46.5. The number of anilines is 1. The third-order valence-electron chi connectivity index (χ3n) is 2.80. The van der Waals surface area contributed by atoms with Crippen LogP contribution in [-0.2, 0) is 35.1 Å². The van der Waals surface area contributed by atoms with Crippen LogP contribution in [0.4, 0.5) is 5.00 Å². The first-order chi connectivity index (χ1) is 11.8. The molecule has 2 N–H and O–H groups in total. The highest BCUT2D eigenvalue weighted by Crippen LogP contribution is 2.33. The lowest BCUT2D eigenvalue weighted by atomic mass is 10.1. The number of nitrogens with two attached hydrogens (primary N) is 1. The molecule has 1 aromatic heterocycles. The van der Waals surface area contributed by atoms with Gasteiger partial charge in [0.1, 0.15) is 22.0 Å². The van der Waals surface area contributed by atoms with E-state index in [0.29, 0.717) is 0 Å². The lowest BCUT2D eigenvalue weighted by Crippen LogP contribution is -2.12. The first-order valence-corrected chi connectivity index (χ1v) is 7.76. The molecular formula is C15H17NO8S. The number of carbonyl (C=O) groups excluding carboxylic acids is 4. The van der Waals surface area contributed by atoms with Crippen LogP contribution in [0.3, 0.4) is 0 Å². The second-order valence-corrected chi connectivity index (χ2v) is 5.38.